The topological polar surface area (TPSA) is 102 Å². The quantitative estimate of drug-likeness (QED) is 0.163. The first-order valence-corrected chi connectivity index (χ1v) is 23.2. The number of hydrogen-bond acceptors (Lipinski definition) is 8. The van der Waals surface area contributed by atoms with Crippen LogP contribution < -0.4 is 20.1 Å². The van der Waals surface area contributed by atoms with E-state index in [0.717, 1.165) is 107 Å². The maximum atomic E-state index is 13.4. The SMILES string of the molecule is O=C(NC1CCCCC1)C1(c2ccc(OCCCN3CCCC3)cc2)CCOCC1.O=C(NCC1CC1)C1(c2ccc(OCCCN3CCCC3)cc2)CCOCC1. The molecule has 2 amide bonds. The van der Waals surface area contributed by atoms with Crippen LogP contribution in [0.1, 0.15) is 120 Å². The van der Waals surface area contributed by atoms with Crippen molar-refractivity contribution in [2.24, 2.45) is 5.92 Å². The lowest BCUT2D eigenvalue weighted by Crippen LogP contribution is -2.51. The summed E-state index contributed by atoms with van der Waals surface area (Å²) in [7, 11) is 0. The number of rotatable bonds is 17. The molecule has 4 saturated heterocycles. The highest BCUT2D eigenvalue weighted by molar-refractivity contribution is 5.89. The summed E-state index contributed by atoms with van der Waals surface area (Å²) in [5, 5.41) is 6.59. The third-order valence-electron chi connectivity index (χ3n) is 13.7. The van der Waals surface area contributed by atoms with Gasteiger partial charge in [-0.3, -0.25) is 9.59 Å². The molecule has 4 aliphatic heterocycles. The van der Waals surface area contributed by atoms with Gasteiger partial charge in [-0.15, -0.1) is 0 Å². The second-order valence-corrected chi connectivity index (χ2v) is 17.9. The van der Waals surface area contributed by atoms with E-state index in [1.54, 1.807) is 0 Å². The number of nitrogens with one attached hydrogen (secondary N) is 2. The predicted molar refractivity (Wildman–Crippen MR) is 229 cm³/mol. The summed E-state index contributed by atoms with van der Waals surface area (Å²) in [4.78, 5) is 31.5. The Morgan fingerprint density at radius 3 is 1.48 bits per heavy atom. The third-order valence-corrected chi connectivity index (χ3v) is 13.7. The van der Waals surface area contributed by atoms with Crippen molar-refractivity contribution < 1.29 is 28.5 Å². The second kappa shape index (κ2) is 21.9. The van der Waals surface area contributed by atoms with Crippen LogP contribution in [0.4, 0.5) is 0 Å². The molecule has 2 aromatic carbocycles. The van der Waals surface area contributed by atoms with E-state index in [-0.39, 0.29) is 11.8 Å². The molecule has 10 nitrogen and oxygen atoms in total. The molecule has 2 aromatic rings. The van der Waals surface area contributed by atoms with Crippen LogP contribution in [0.3, 0.4) is 0 Å². The van der Waals surface area contributed by atoms with Crippen LogP contribution in [0.25, 0.3) is 0 Å². The van der Waals surface area contributed by atoms with Crippen molar-refractivity contribution in [3.05, 3.63) is 59.7 Å². The molecular formula is C48H72N4O6. The standard InChI is InChI=1S/C25H38N2O3.C23H34N2O3/c28-24(26-22-7-2-1-3-8-22)25(13-19-29-20-14-25)21-9-11-23(12-10-21)30-18-6-17-27-15-4-5-16-27;26-22(24-18-19-4-5-19)23(10-16-27-17-11-23)20-6-8-21(9-7-20)28-15-3-14-25-12-1-2-13-25/h9-12,22H,1-8,13-20H2,(H,26,28);6-9,19H,1-5,10-18H2,(H,24,26). The van der Waals surface area contributed by atoms with Crippen LogP contribution in [-0.4, -0.2) is 113 Å². The van der Waals surface area contributed by atoms with Crippen LogP contribution >= 0.6 is 0 Å². The summed E-state index contributed by atoms with van der Waals surface area (Å²) < 4.78 is 23.1. The highest BCUT2D eigenvalue weighted by atomic mass is 16.5. The summed E-state index contributed by atoms with van der Waals surface area (Å²) in [6, 6.07) is 16.8. The Morgan fingerprint density at radius 2 is 1.03 bits per heavy atom. The van der Waals surface area contributed by atoms with Crippen molar-refractivity contribution in [3.63, 3.8) is 0 Å². The van der Waals surface area contributed by atoms with Gasteiger partial charge in [-0.1, -0.05) is 43.5 Å². The zero-order valence-electron chi connectivity index (χ0n) is 35.3. The Morgan fingerprint density at radius 1 is 0.586 bits per heavy atom. The average Bonchev–Trinajstić information content (AvgIpc) is 3.67. The first-order valence-electron chi connectivity index (χ1n) is 23.2. The van der Waals surface area contributed by atoms with Gasteiger partial charge in [0, 0.05) is 52.1 Å². The summed E-state index contributed by atoms with van der Waals surface area (Å²) in [5.74, 6) is 2.84. The number of benzene rings is 2. The van der Waals surface area contributed by atoms with Gasteiger partial charge >= 0.3 is 0 Å². The number of nitrogens with zero attached hydrogens (tertiary/aromatic N) is 2. The molecule has 0 atom stereocenters. The monoisotopic (exact) mass is 801 g/mol. The molecule has 4 heterocycles. The Hall–Kier alpha value is -3.18. The molecule has 0 spiro atoms. The highest BCUT2D eigenvalue weighted by Crippen LogP contribution is 2.38. The van der Waals surface area contributed by atoms with E-state index in [2.05, 4.69) is 44.7 Å². The van der Waals surface area contributed by atoms with Gasteiger partial charge in [0.05, 0.1) is 24.0 Å². The minimum absolute atomic E-state index is 0.169. The number of amides is 2. The van der Waals surface area contributed by atoms with E-state index in [4.69, 9.17) is 18.9 Å². The normalized spacial score (nSPS) is 22.4. The second-order valence-electron chi connectivity index (χ2n) is 17.9. The van der Waals surface area contributed by atoms with Crippen LogP contribution in [0.5, 0.6) is 11.5 Å². The van der Waals surface area contributed by atoms with Crippen LogP contribution in [-0.2, 0) is 29.9 Å². The van der Waals surface area contributed by atoms with Gasteiger partial charge < -0.3 is 39.4 Å². The average molecular weight is 801 g/mol. The first-order chi connectivity index (χ1) is 28.5. The zero-order chi connectivity index (χ0) is 39.9. The molecule has 0 aromatic heterocycles. The fourth-order valence-corrected chi connectivity index (χ4v) is 9.74. The van der Waals surface area contributed by atoms with Gasteiger partial charge in [0.25, 0.3) is 0 Å². The molecule has 0 radical (unpaired) electrons. The predicted octanol–water partition coefficient (Wildman–Crippen LogP) is 7.17. The largest absolute Gasteiger partial charge is 0.494 e. The first kappa shape index (κ1) is 42.9. The van der Waals surface area contributed by atoms with E-state index in [0.29, 0.717) is 38.4 Å². The molecule has 6 fully saturated rings. The Balaban J connectivity index is 0.000000177. The molecule has 2 saturated carbocycles. The van der Waals surface area contributed by atoms with E-state index >= 15 is 0 Å². The van der Waals surface area contributed by atoms with Crippen molar-refractivity contribution >= 4 is 11.8 Å². The Labute approximate surface area is 348 Å². The molecule has 6 aliphatic rings. The van der Waals surface area contributed by atoms with Gasteiger partial charge in [0.1, 0.15) is 11.5 Å². The van der Waals surface area contributed by atoms with Gasteiger partial charge in [-0.05, 0) is 157 Å². The number of likely N-dealkylation sites (tertiary alicyclic amines) is 2. The highest BCUT2D eigenvalue weighted by Gasteiger charge is 2.43. The fourth-order valence-electron chi connectivity index (χ4n) is 9.74. The Kier molecular flexibility index (Phi) is 16.2. The molecular weight excluding hydrogens is 729 g/mol. The number of carbonyl (C=O) groups is 2. The number of hydrogen-bond donors (Lipinski definition) is 2. The molecule has 2 N–H and O–H groups in total. The fraction of sp³-hybridized carbons (Fsp3) is 0.708. The molecule has 58 heavy (non-hydrogen) atoms. The van der Waals surface area contributed by atoms with Gasteiger partial charge in [-0.2, -0.15) is 0 Å². The Bertz CT molecular complexity index is 1520. The maximum Gasteiger partial charge on any atom is 0.231 e. The van der Waals surface area contributed by atoms with E-state index in [1.165, 1.54) is 84.0 Å². The van der Waals surface area contributed by atoms with Crippen molar-refractivity contribution in [2.45, 2.75) is 126 Å². The molecule has 0 unspecified atom stereocenters. The van der Waals surface area contributed by atoms with E-state index < -0.39 is 10.8 Å². The van der Waals surface area contributed by atoms with Gasteiger partial charge in [0.15, 0.2) is 0 Å². The molecule has 2 aliphatic carbocycles. The van der Waals surface area contributed by atoms with Crippen LogP contribution in [0.2, 0.25) is 0 Å². The number of ether oxygens (including phenoxy) is 4. The van der Waals surface area contributed by atoms with Crippen molar-refractivity contribution in [1.82, 2.24) is 20.4 Å². The van der Waals surface area contributed by atoms with Crippen molar-refractivity contribution in [2.75, 3.05) is 85.5 Å². The lowest BCUT2D eigenvalue weighted by molar-refractivity contribution is -0.131. The number of carbonyl (C=O) groups excluding carboxylic acids is 2. The molecule has 0 bridgehead atoms. The minimum Gasteiger partial charge on any atom is -0.494 e. The molecule has 8 rings (SSSR count). The van der Waals surface area contributed by atoms with Crippen molar-refractivity contribution in [3.8, 4) is 11.5 Å². The maximum absolute atomic E-state index is 13.4. The molecule has 10 heteroatoms. The van der Waals surface area contributed by atoms with Gasteiger partial charge in [-0.25, -0.2) is 0 Å². The van der Waals surface area contributed by atoms with Gasteiger partial charge in [0.2, 0.25) is 11.8 Å². The van der Waals surface area contributed by atoms with Crippen LogP contribution in [0.15, 0.2) is 48.5 Å². The van der Waals surface area contributed by atoms with Crippen molar-refractivity contribution in [1.29, 1.82) is 0 Å². The zero-order valence-corrected chi connectivity index (χ0v) is 35.3. The summed E-state index contributed by atoms with van der Waals surface area (Å²) in [5.41, 5.74) is 1.27. The summed E-state index contributed by atoms with van der Waals surface area (Å²) in [6.07, 6.45) is 19.0. The van der Waals surface area contributed by atoms with Crippen LogP contribution in [0, 0.1) is 5.92 Å². The smallest absolute Gasteiger partial charge is 0.231 e. The minimum atomic E-state index is -0.468. The van der Waals surface area contributed by atoms with E-state index in [1.807, 2.05) is 24.3 Å². The summed E-state index contributed by atoms with van der Waals surface area (Å²) in [6.45, 7) is 12.1. The summed E-state index contributed by atoms with van der Waals surface area (Å²) >= 11 is 0. The lowest BCUT2D eigenvalue weighted by atomic mass is 9.73. The molecule has 320 valence electrons. The van der Waals surface area contributed by atoms with E-state index in [9.17, 15) is 9.59 Å². The lowest BCUT2D eigenvalue weighted by Gasteiger charge is -2.38. The third kappa shape index (κ3) is 12.0.